The minimum atomic E-state index is -0.823. The second-order valence-corrected chi connectivity index (χ2v) is 13.3. The summed E-state index contributed by atoms with van der Waals surface area (Å²) in [6.07, 6.45) is 4.73. The Hall–Kier alpha value is -3.76. The Labute approximate surface area is 255 Å². The van der Waals surface area contributed by atoms with Crippen LogP contribution < -0.4 is 19.7 Å². The Morgan fingerprint density at radius 2 is 2.07 bits per heavy atom. The van der Waals surface area contributed by atoms with Crippen LogP contribution in [0.1, 0.15) is 44.6 Å². The topological polar surface area (TPSA) is 95.9 Å². The summed E-state index contributed by atoms with van der Waals surface area (Å²) in [5, 5.41) is 17.3. The summed E-state index contributed by atoms with van der Waals surface area (Å²) < 4.78 is 27.5. The smallest absolute Gasteiger partial charge is 0.319 e. The van der Waals surface area contributed by atoms with E-state index in [-0.39, 0.29) is 17.3 Å². The fourth-order valence-electron chi connectivity index (χ4n) is 8.73. The average Bonchev–Trinajstić information content (AvgIpc) is 3.66. The van der Waals surface area contributed by atoms with E-state index in [4.69, 9.17) is 24.4 Å². The van der Waals surface area contributed by atoms with E-state index in [2.05, 4.69) is 28.1 Å². The first kappa shape index (κ1) is 26.6. The molecule has 1 unspecified atom stereocenters. The van der Waals surface area contributed by atoms with Gasteiger partial charge in [0.1, 0.15) is 36.3 Å². The number of nitrogens with one attached hydrogen (secondary N) is 1. The van der Waals surface area contributed by atoms with E-state index in [0.717, 1.165) is 72.7 Å². The van der Waals surface area contributed by atoms with Crippen LogP contribution in [0.3, 0.4) is 0 Å². The number of aryl methyl sites for hydroxylation is 1. The summed E-state index contributed by atoms with van der Waals surface area (Å²) in [5.74, 6) is 1.49. The van der Waals surface area contributed by atoms with Crippen molar-refractivity contribution in [3.8, 4) is 28.9 Å². The lowest BCUT2D eigenvalue weighted by atomic mass is 9.95. The fourth-order valence-corrected chi connectivity index (χ4v) is 8.73. The second kappa shape index (κ2) is 9.87. The third-order valence-corrected chi connectivity index (χ3v) is 10.8. The second-order valence-electron chi connectivity index (χ2n) is 13.3. The lowest BCUT2D eigenvalue weighted by Gasteiger charge is -2.40. The number of fused-ring (bicyclic) bond motifs is 7. The fraction of sp³-hybridized carbons (Fsp3) is 0.500. The van der Waals surface area contributed by atoms with Crippen molar-refractivity contribution in [2.75, 3.05) is 37.7 Å². The number of aromatic hydroxyl groups is 1. The van der Waals surface area contributed by atoms with Crippen molar-refractivity contribution in [1.29, 1.82) is 0 Å². The number of ether oxygens (including phenoxy) is 2. The molecule has 4 saturated heterocycles. The number of aromatic nitrogens is 3. The number of nitrogens with zero attached hydrogens (tertiary/aromatic N) is 5. The van der Waals surface area contributed by atoms with Crippen molar-refractivity contribution in [3.63, 3.8) is 0 Å². The van der Waals surface area contributed by atoms with E-state index in [1.54, 1.807) is 12.1 Å². The van der Waals surface area contributed by atoms with Gasteiger partial charge in [-0.2, -0.15) is 9.97 Å². The van der Waals surface area contributed by atoms with Gasteiger partial charge in [-0.05, 0) is 73.2 Å². The summed E-state index contributed by atoms with van der Waals surface area (Å²) in [6.45, 7) is 5.21. The van der Waals surface area contributed by atoms with Crippen molar-refractivity contribution < 1.29 is 19.0 Å². The number of hydrogen-bond donors (Lipinski definition) is 2. The van der Waals surface area contributed by atoms with Crippen molar-refractivity contribution in [3.05, 3.63) is 42.0 Å². The molecule has 0 aliphatic carbocycles. The van der Waals surface area contributed by atoms with Gasteiger partial charge in [-0.25, -0.2) is 9.37 Å². The zero-order valence-electron chi connectivity index (χ0n) is 24.9. The molecule has 4 fully saturated rings. The normalized spacial score (nSPS) is 29.1. The maximum Gasteiger partial charge on any atom is 0.319 e. The number of phenolic OH excluding ortho intramolecular Hbond substituents is 1. The summed E-state index contributed by atoms with van der Waals surface area (Å²) in [7, 11) is 0. The highest BCUT2D eigenvalue weighted by molar-refractivity contribution is 6.02. The van der Waals surface area contributed by atoms with Crippen LogP contribution in [0.15, 0.2) is 36.4 Å². The molecule has 2 N–H and O–H groups in total. The summed E-state index contributed by atoms with van der Waals surface area (Å²) >= 11 is 0. The van der Waals surface area contributed by atoms with E-state index < -0.39 is 6.17 Å². The molecule has 2 aromatic heterocycles. The molecular formula is C34H37FN6O3. The van der Waals surface area contributed by atoms with Gasteiger partial charge >= 0.3 is 6.01 Å². The van der Waals surface area contributed by atoms with Crippen LogP contribution in [0.5, 0.6) is 17.6 Å². The van der Waals surface area contributed by atoms with Crippen molar-refractivity contribution in [1.82, 2.24) is 25.2 Å². The Balaban J connectivity index is 1.21. The molecule has 5 aliphatic heterocycles. The summed E-state index contributed by atoms with van der Waals surface area (Å²) in [5.41, 5.74) is 3.10. The number of halogens is 1. The first-order chi connectivity index (χ1) is 21.5. The molecule has 4 aromatic rings. The van der Waals surface area contributed by atoms with Gasteiger partial charge in [0.2, 0.25) is 5.88 Å². The molecular weight excluding hydrogens is 559 g/mol. The SMILES string of the molecule is CCc1cccc2cc(O)cc(-c3cc4nc(OCC56CCCN5C[C@@H](F)C6)nc5c4c(n3)OC[C@@H]3[C@H]4CC[C@@H](CN53)N4)c12. The van der Waals surface area contributed by atoms with Gasteiger partial charge in [-0.15, -0.1) is 0 Å². The Morgan fingerprint density at radius 1 is 1.14 bits per heavy atom. The number of hydrogen-bond acceptors (Lipinski definition) is 9. The monoisotopic (exact) mass is 596 g/mol. The Morgan fingerprint density at radius 3 is 2.98 bits per heavy atom. The molecule has 2 aromatic carbocycles. The number of pyridine rings is 1. The maximum absolute atomic E-state index is 14.5. The van der Waals surface area contributed by atoms with Gasteiger partial charge in [-0.3, -0.25) is 4.90 Å². The third kappa shape index (κ3) is 4.06. The van der Waals surface area contributed by atoms with E-state index >= 15 is 0 Å². The molecule has 5 atom stereocenters. The van der Waals surface area contributed by atoms with Crippen LogP contribution in [0, 0.1) is 0 Å². The molecule has 5 aliphatic rings. The quantitative estimate of drug-likeness (QED) is 0.338. The van der Waals surface area contributed by atoms with Crippen LogP contribution in [-0.2, 0) is 6.42 Å². The van der Waals surface area contributed by atoms with Crippen LogP contribution >= 0.6 is 0 Å². The molecule has 228 valence electrons. The van der Waals surface area contributed by atoms with E-state index in [1.165, 1.54) is 5.56 Å². The molecule has 44 heavy (non-hydrogen) atoms. The molecule has 9 nitrogen and oxygen atoms in total. The number of alkyl halides is 1. The van der Waals surface area contributed by atoms with Gasteiger partial charge in [0, 0.05) is 37.2 Å². The van der Waals surface area contributed by atoms with Gasteiger partial charge in [0.15, 0.2) is 0 Å². The molecule has 0 amide bonds. The van der Waals surface area contributed by atoms with E-state index in [1.807, 2.05) is 18.2 Å². The first-order valence-corrected chi connectivity index (χ1v) is 16.1. The molecule has 2 bridgehead atoms. The van der Waals surface area contributed by atoms with Gasteiger partial charge in [0.25, 0.3) is 0 Å². The zero-order chi connectivity index (χ0) is 29.6. The Kier molecular flexibility index (Phi) is 5.97. The number of benzene rings is 2. The van der Waals surface area contributed by atoms with Crippen molar-refractivity contribution in [2.45, 2.75) is 75.3 Å². The minimum absolute atomic E-state index is 0.108. The number of anilines is 1. The first-order valence-electron chi connectivity index (χ1n) is 16.1. The largest absolute Gasteiger partial charge is 0.508 e. The van der Waals surface area contributed by atoms with Crippen LogP contribution in [0.4, 0.5) is 10.2 Å². The molecule has 0 spiro atoms. The standard InChI is InChI=1S/C34H37FN6O3/c1-2-19-5-3-6-20-11-23(42)12-24(29(19)20)26-13-27-30-31(41-16-22-7-8-25(36-22)28(41)17-43-32(30)37-26)39-33(38-27)44-18-34-9-4-10-40(34)15-21(35)14-34/h3,5-6,11-13,21-22,25,28,36,42H,2,4,7-10,14-18H2,1H3/t21-,22-,25+,28+,34?/m0/s1. The molecule has 0 saturated carbocycles. The zero-order valence-corrected chi connectivity index (χ0v) is 24.9. The van der Waals surface area contributed by atoms with E-state index in [9.17, 15) is 9.50 Å². The number of piperazine rings is 1. The lowest BCUT2D eigenvalue weighted by Crippen LogP contribution is -2.60. The van der Waals surface area contributed by atoms with Gasteiger partial charge in [0.05, 0.1) is 22.8 Å². The van der Waals surface area contributed by atoms with Crippen LogP contribution in [0.25, 0.3) is 32.9 Å². The summed E-state index contributed by atoms with van der Waals surface area (Å²) in [6, 6.07) is 12.9. The van der Waals surface area contributed by atoms with Crippen molar-refractivity contribution in [2.24, 2.45) is 0 Å². The molecule has 0 radical (unpaired) electrons. The van der Waals surface area contributed by atoms with Gasteiger partial charge < -0.3 is 24.8 Å². The van der Waals surface area contributed by atoms with Crippen LogP contribution in [0.2, 0.25) is 0 Å². The molecule has 10 heteroatoms. The number of phenols is 1. The molecule has 7 heterocycles. The predicted molar refractivity (Wildman–Crippen MR) is 166 cm³/mol. The molecule has 9 rings (SSSR count). The highest BCUT2D eigenvalue weighted by Gasteiger charge is 2.50. The van der Waals surface area contributed by atoms with Gasteiger partial charge in [-0.1, -0.05) is 25.1 Å². The highest BCUT2D eigenvalue weighted by Crippen LogP contribution is 2.44. The Bertz CT molecular complexity index is 1800. The maximum atomic E-state index is 14.5. The van der Waals surface area contributed by atoms with Crippen molar-refractivity contribution >= 4 is 27.5 Å². The van der Waals surface area contributed by atoms with Crippen LogP contribution in [-0.4, -0.2) is 87.6 Å². The summed E-state index contributed by atoms with van der Waals surface area (Å²) in [4.78, 5) is 19.7. The van der Waals surface area contributed by atoms with E-state index in [0.29, 0.717) is 61.4 Å². The minimum Gasteiger partial charge on any atom is -0.508 e. The predicted octanol–water partition coefficient (Wildman–Crippen LogP) is 4.77. The highest BCUT2D eigenvalue weighted by atomic mass is 19.1. The lowest BCUT2D eigenvalue weighted by molar-refractivity contribution is 0.107. The number of rotatable bonds is 5. The average molecular weight is 597 g/mol. The third-order valence-electron chi connectivity index (χ3n) is 10.8.